The van der Waals surface area contributed by atoms with Crippen molar-refractivity contribution in [2.45, 2.75) is 17.7 Å². The molecule has 0 spiro atoms. The van der Waals surface area contributed by atoms with E-state index in [0.717, 1.165) is 30.8 Å². The number of carbonyl (C=O) groups is 3. The monoisotopic (exact) mass is 455 g/mol. The predicted molar refractivity (Wildman–Crippen MR) is 121 cm³/mol. The fraction of sp³-hybridized carbons (Fsp3) is 0.238. The van der Waals surface area contributed by atoms with Crippen LogP contribution >= 0.6 is 23.1 Å². The van der Waals surface area contributed by atoms with Crippen molar-refractivity contribution in [3.63, 3.8) is 0 Å². The molecule has 4 N–H and O–H groups in total. The first kappa shape index (κ1) is 21.1. The number of primary amides is 1. The van der Waals surface area contributed by atoms with E-state index >= 15 is 0 Å². The zero-order chi connectivity index (χ0) is 21.8. The van der Waals surface area contributed by atoms with Gasteiger partial charge in [0.25, 0.3) is 11.8 Å². The van der Waals surface area contributed by atoms with Crippen LogP contribution in [0.5, 0.6) is 0 Å². The number of hydrogen-bond acceptors (Lipinski definition) is 6. The third-order valence-electron chi connectivity index (χ3n) is 4.91. The van der Waals surface area contributed by atoms with Crippen LogP contribution in [0.15, 0.2) is 46.8 Å². The summed E-state index contributed by atoms with van der Waals surface area (Å²) in [4.78, 5) is 46.3. The molecule has 0 atom stereocenters. The zero-order valence-corrected chi connectivity index (χ0v) is 18.2. The van der Waals surface area contributed by atoms with Gasteiger partial charge in [-0.15, -0.1) is 23.1 Å². The third kappa shape index (κ3) is 4.97. The number of thiazole rings is 1. The van der Waals surface area contributed by atoms with E-state index in [1.165, 1.54) is 23.1 Å². The lowest BCUT2D eigenvalue weighted by atomic mass is 10.2. The van der Waals surface area contributed by atoms with Gasteiger partial charge >= 0.3 is 0 Å². The molecule has 3 heterocycles. The summed E-state index contributed by atoms with van der Waals surface area (Å²) in [5.41, 5.74) is 7.39. The van der Waals surface area contributed by atoms with Crippen molar-refractivity contribution in [1.82, 2.24) is 14.9 Å². The highest BCUT2D eigenvalue weighted by Gasteiger charge is 2.20. The average molecular weight is 456 g/mol. The van der Waals surface area contributed by atoms with Crippen LogP contribution in [-0.4, -0.2) is 51.4 Å². The summed E-state index contributed by atoms with van der Waals surface area (Å²) in [5.74, 6) is -0.428. The lowest BCUT2D eigenvalue weighted by Gasteiger charge is -2.15. The maximum Gasteiger partial charge on any atom is 0.265 e. The van der Waals surface area contributed by atoms with Crippen LogP contribution in [0.2, 0.25) is 0 Å². The Morgan fingerprint density at radius 3 is 2.74 bits per heavy atom. The van der Waals surface area contributed by atoms with Gasteiger partial charge in [-0.2, -0.15) is 0 Å². The minimum Gasteiger partial charge on any atom is -0.364 e. The molecule has 4 rings (SSSR count). The summed E-state index contributed by atoms with van der Waals surface area (Å²) in [6.07, 6.45) is 3.75. The Bertz CT molecular complexity index is 1120. The lowest BCUT2D eigenvalue weighted by molar-refractivity contribution is -0.127. The highest BCUT2D eigenvalue weighted by Crippen LogP contribution is 2.28. The lowest BCUT2D eigenvalue weighted by Crippen LogP contribution is -2.29. The summed E-state index contributed by atoms with van der Waals surface area (Å²) < 4.78 is 0. The number of likely N-dealkylation sites (tertiary alicyclic amines) is 1. The first-order chi connectivity index (χ1) is 15.0. The van der Waals surface area contributed by atoms with E-state index in [0.29, 0.717) is 33.4 Å². The van der Waals surface area contributed by atoms with Crippen molar-refractivity contribution in [1.29, 1.82) is 0 Å². The number of rotatable bonds is 7. The van der Waals surface area contributed by atoms with Crippen LogP contribution in [-0.2, 0) is 4.79 Å². The number of aromatic nitrogens is 2. The van der Waals surface area contributed by atoms with Crippen molar-refractivity contribution >= 4 is 46.0 Å². The molecule has 0 saturated carbocycles. The molecule has 0 radical (unpaired) electrons. The molecular formula is C21H21N5O3S2. The number of hydrogen-bond donors (Lipinski definition) is 3. The third-order valence-corrected chi connectivity index (χ3v) is 6.73. The summed E-state index contributed by atoms with van der Waals surface area (Å²) in [6, 6.07) is 8.84. The smallest absolute Gasteiger partial charge is 0.265 e. The fourth-order valence-electron chi connectivity index (χ4n) is 3.29. The van der Waals surface area contributed by atoms with Gasteiger partial charge in [0.05, 0.1) is 17.0 Å². The van der Waals surface area contributed by atoms with Gasteiger partial charge in [0.1, 0.15) is 5.69 Å². The Morgan fingerprint density at radius 1 is 1.23 bits per heavy atom. The average Bonchev–Trinajstić information content (AvgIpc) is 3.53. The molecular weight excluding hydrogens is 434 g/mol. The minimum absolute atomic E-state index is 0.101. The second kappa shape index (κ2) is 9.36. The summed E-state index contributed by atoms with van der Waals surface area (Å²) in [7, 11) is 0. The molecule has 0 aliphatic carbocycles. The van der Waals surface area contributed by atoms with E-state index in [9.17, 15) is 14.4 Å². The van der Waals surface area contributed by atoms with Crippen LogP contribution in [0, 0.1) is 0 Å². The Morgan fingerprint density at radius 2 is 2.00 bits per heavy atom. The molecule has 1 aliphatic rings. The van der Waals surface area contributed by atoms with Crippen molar-refractivity contribution in [2.75, 3.05) is 24.2 Å². The van der Waals surface area contributed by atoms with Gasteiger partial charge in [0.15, 0.2) is 5.13 Å². The highest BCUT2D eigenvalue weighted by atomic mass is 32.2. The van der Waals surface area contributed by atoms with Gasteiger partial charge in [0, 0.05) is 35.1 Å². The molecule has 1 saturated heterocycles. The van der Waals surface area contributed by atoms with Crippen LogP contribution in [0.4, 0.5) is 5.13 Å². The van der Waals surface area contributed by atoms with Gasteiger partial charge in [-0.3, -0.25) is 19.7 Å². The quantitative estimate of drug-likeness (QED) is 0.473. The molecule has 3 aromatic rings. The number of H-pyrrole nitrogens is 1. The van der Waals surface area contributed by atoms with Crippen LogP contribution in [0.25, 0.3) is 11.3 Å². The number of aromatic amines is 1. The number of carbonyl (C=O) groups excluding carboxylic acids is 3. The number of benzene rings is 1. The fourth-order valence-corrected chi connectivity index (χ4v) is 4.96. The number of nitrogens with one attached hydrogen (secondary N) is 2. The Kier molecular flexibility index (Phi) is 6.38. The van der Waals surface area contributed by atoms with Gasteiger partial charge < -0.3 is 15.6 Å². The Labute approximate surface area is 187 Å². The number of nitrogens with two attached hydrogens (primary N) is 1. The van der Waals surface area contributed by atoms with Gasteiger partial charge in [-0.25, -0.2) is 4.98 Å². The number of nitrogens with zero attached hydrogens (tertiary/aromatic N) is 2. The SMILES string of the molecule is NC(=O)c1cc(-c2csc(NC(=O)c3ccccc3SCC(=O)N3CCCC3)n2)c[nH]1. The van der Waals surface area contributed by atoms with Crippen molar-refractivity contribution in [3.05, 3.63) is 53.2 Å². The molecule has 1 aliphatic heterocycles. The minimum atomic E-state index is -0.549. The highest BCUT2D eigenvalue weighted by molar-refractivity contribution is 8.00. The second-order valence-corrected chi connectivity index (χ2v) is 8.91. The van der Waals surface area contributed by atoms with Crippen LogP contribution < -0.4 is 11.1 Å². The van der Waals surface area contributed by atoms with E-state index in [4.69, 9.17) is 5.73 Å². The molecule has 10 heteroatoms. The number of thioether (sulfide) groups is 1. The Hall–Kier alpha value is -3.11. The topological polar surface area (TPSA) is 121 Å². The van der Waals surface area contributed by atoms with E-state index in [-0.39, 0.29) is 11.8 Å². The largest absolute Gasteiger partial charge is 0.364 e. The molecule has 160 valence electrons. The first-order valence-electron chi connectivity index (χ1n) is 9.76. The van der Waals surface area contributed by atoms with Gasteiger partial charge in [-0.1, -0.05) is 12.1 Å². The maximum absolute atomic E-state index is 12.9. The molecule has 1 aromatic carbocycles. The van der Waals surface area contributed by atoms with Crippen molar-refractivity contribution < 1.29 is 14.4 Å². The molecule has 3 amide bonds. The predicted octanol–water partition coefficient (Wildman–Crippen LogP) is 3.20. The summed E-state index contributed by atoms with van der Waals surface area (Å²) >= 11 is 2.66. The van der Waals surface area contributed by atoms with Crippen LogP contribution in [0.1, 0.15) is 33.7 Å². The molecule has 8 nitrogen and oxygen atoms in total. The number of amides is 3. The molecule has 2 aromatic heterocycles. The molecule has 1 fully saturated rings. The van der Waals surface area contributed by atoms with E-state index < -0.39 is 5.91 Å². The van der Waals surface area contributed by atoms with Gasteiger partial charge in [-0.05, 0) is 31.0 Å². The van der Waals surface area contributed by atoms with E-state index in [1.54, 1.807) is 29.8 Å². The van der Waals surface area contributed by atoms with Crippen molar-refractivity contribution in [3.8, 4) is 11.3 Å². The maximum atomic E-state index is 12.9. The summed E-state index contributed by atoms with van der Waals surface area (Å²) in [6.45, 7) is 1.63. The van der Waals surface area contributed by atoms with Gasteiger partial charge in [0.2, 0.25) is 5.91 Å². The van der Waals surface area contributed by atoms with Crippen LogP contribution in [0.3, 0.4) is 0 Å². The number of anilines is 1. The molecule has 0 bridgehead atoms. The summed E-state index contributed by atoms with van der Waals surface area (Å²) in [5, 5.41) is 5.05. The molecule has 31 heavy (non-hydrogen) atoms. The zero-order valence-electron chi connectivity index (χ0n) is 16.6. The first-order valence-corrected chi connectivity index (χ1v) is 11.6. The van der Waals surface area contributed by atoms with E-state index in [1.807, 2.05) is 17.0 Å². The second-order valence-electron chi connectivity index (χ2n) is 7.03. The molecule has 0 unspecified atom stereocenters. The van der Waals surface area contributed by atoms with Crippen molar-refractivity contribution in [2.24, 2.45) is 5.73 Å². The standard InChI is InChI=1S/C21H21N5O3S2/c22-19(28)15-9-13(10-23-15)16-11-31-21(24-16)25-20(29)14-5-1-2-6-17(14)30-12-18(27)26-7-3-4-8-26/h1-2,5-6,9-11,23H,3-4,7-8,12H2,(H2,22,28)(H,24,25,29). The normalized spacial score (nSPS) is 13.4. The van der Waals surface area contributed by atoms with E-state index in [2.05, 4.69) is 15.3 Å². The Balaban J connectivity index is 1.42.